The van der Waals surface area contributed by atoms with Gasteiger partial charge in [-0.2, -0.15) is 0 Å². The molecule has 1 unspecified atom stereocenters. The summed E-state index contributed by atoms with van der Waals surface area (Å²) in [6, 6.07) is 0. The van der Waals surface area contributed by atoms with E-state index in [9.17, 15) is 0 Å². The molecule has 1 rings (SSSR count). The van der Waals surface area contributed by atoms with Crippen molar-refractivity contribution in [2.24, 2.45) is 11.7 Å². The quantitative estimate of drug-likeness (QED) is 0.705. The summed E-state index contributed by atoms with van der Waals surface area (Å²) in [5.41, 5.74) is 5.98. The van der Waals surface area contributed by atoms with Crippen LogP contribution in [0, 0.1) is 5.92 Å². The molecule has 3 heteroatoms. The second-order valence-electron chi connectivity index (χ2n) is 4.90. The zero-order valence-electron chi connectivity index (χ0n) is 10.2. The Bertz CT molecular complexity index is 163. The van der Waals surface area contributed by atoms with Crippen LogP contribution >= 0.6 is 0 Å². The van der Waals surface area contributed by atoms with Crippen molar-refractivity contribution >= 4 is 0 Å². The van der Waals surface area contributed by atoms with Gasteiger partial charge in [0.25, 0.3) is 0 Å². The highest BCUT2D eigenvalue weighted by Gasteiger charge is 2.26. The van der Waals surface area contributed by atoms with Crippen molar-refractivity contribution in [2.45, 2.75) is 45.1 Å². The molecule has 1 heterocycles. The van der Waals surface area contributed by atoms with Crippen molar-refractivity contribution in [2.75, 3.05) is 26.3 Å². The average molecular weight is 214 g/mol. The van der Waals surface area contributed by atoms with Gasteiger partial charge in [-0.15, -0.1) is 0 Å². The van der Waals surface area contributed by atoms with Crippen molar-refractivity contribution in [3.63, 3.8) is 0 Å². The minimum absolute atomic E-state index is 0.297. The Morgan fingerprint density at radius 2 is 2.07 bits per heavy atom. The minimum atomic E-state index is 0.297. The van der Waals surface area contributed by atoms with Gasteiger partial charge in [-0.05, 0) is 45.2 Å². The monoisotopic (exact) mass is 214 g/mol. The molecule has 0 aromatic heterocycles. The SMILES string of the molecule is CCC(CN)CCNC1(C)CCOCC1. The topological polar surface area (TPSA) is 47.3 Å². The predicted molar refractivity (Wildman–Crippen MR) is 63.9 cm³/mol. The standard InChI is InChI=1S/C12H26N2O/c1-3-11(10-13)4-7-14-12(2)5-8-15-9-6-12/h11,14H,3-10,13H2,1-2H3. The smallest absolute Gasteiger partial charge is 0.0483 e. The minimum Gasteiger partial charge on any atom is -0.381 e. The number of nitrogens with two attached hydrogens (primary N) is 1. The van der Waals surface area contributed by atoms with E-state index in [-0.39, 0.29) is 0 Å². The molecular weight excluding hydrogens is 188 g/mol. The Hall–Kier alpha value is -0.120. The molecule has 15 heavy (non-hydrogen) atoms. The van der Waals surface area contributed by atoms with Crippen molar-refractivity contribution < 1.29 is 4.74 Å². The van der Waals surface area contributed by atoms with E-state index in [1.54, 1.807) is 0 Å². The summed E-state index contributed by atoms with van der Waals surface area (Å²) in [6.07, 6.45) is 4.65. The summed E-state index contributed by atoms with van der Waals surface area (Å²) < 4.78 is 5.37. The Morgan fingerprint density at radius 1 is 1.40 bits per heavy atom. The van der Waals surface area contributed by atoms with Crippen LogP contribution < -0.4 is 11.1 Å². The second-order valence-corrected chi connectivity index (χ2v) is 4.90. The molecule has 1 aliphatic heterocycles. The van der Waals surface area contributed by atoms with Gasteiger partial charge >= 0.3 is 0 Å². The third kappa shape index (κ3) is 4.49. The Labute approximate surface area is 93.8 Å². The van der Waals surface area contributed by atoms with Gasteiger partial charge in [0, 0.05) is 18.8 Å². The van der Waals surface area contributed by atoms with Crippen LogP contribution in [0.3, 0.4) is 0 Å². The van der Waals surface area contributed by atoms with E-state index >= 15 is 0 Å². The van der Waals surface area contributed by atoms with Crippen molar-refractivity contribution in [1.29, 1.82) is 0 Å². The maximum atomic E-state index is 5.69. The number of ether oxygens (including phenoxy) is 1. The Kier molecular flexibility index (Phi) is 5.58. The van der Waals surface area contributed by atoms with Gasteiger partial charge in [-0.25, -0.2) is 0 Å². The molecule has 0 radical (unpaired) electrons. The molecule has 0 saturated carbocycles. The summed E-state index contributed by atoms with van der Waals surface area (Å²) in [5.74, 6) is 0.681. The number of hydrogen-bond donors (Lipinski definition) is 2. The fourth-order valence-corrected chi connectivity index (χ4v) is 2.07. The van der Waals surface area contributed by atoms with Crippen LogP contribution in [0.2, 0.25) is 0 Å². The lowest BCUT2D eigenvalue weighted by Gasteiger charge is -2.35. The van der Waals surface area contributed by atoms with E-state index in [0.717, 1.165) is 39.1 Å². The van der Waals surface area contributed by atoms with Gasteiger partial charge in [-0.3, -0.25) is 0 Å². The van der Waals surface area contributed by atoms with Crippen LogP contribution in [0.15, 0.2) is 0 Å². The summed E-state index contributed by atoms with van der Waals surface area (Å²) in [6.45, 7) is 8.23. The highest BCUT2D eigenvalue weighted by Crippen LogP contribution is 2.19. The molecule has 0 amide bonds. The summed E-state index contributed by atoms with van der Waals surface area (Å²) in [4.78, 5) is 0. The van der Waals surface area contributed by atoms with E-state index in [1.165, 1.54) is 12.8 Å². The lowest BCUT2D eigenvalue weighted by Crippen LogP contribution is -2.47. The molecule has 90 valence electrons. The van der Waals surface area contributed by atoms with Gasteiger partial charge in [-0.1, -0.05) is 13.3 Å². The fraction of sp³-hybridized carbons (Fsp3) is 1.00. The summed E-state index contributed by atoms with van der Waals surface area (Å²) >= 11 is 0. The highest BCUT2D eigenvalue weighted by atomic mass is 16.5. The lowest BCUT2D eigenvalue weighted by molar-refractivity contribution is 0.0449. The van der Waals surface area contributed by atoms with Crippen molar-refractivity contribution in [1.82, 2.24) is 5.32 Å². The molecule has 0 bridgehead atoms. The third-order valence-corrected chi connectivity index (χ3v) is 3.61. The van der Waals surface area contributed by atoms with Crippen LogP contribution in [-0.2, 0) is 4.74 Å². The van der Waals surface area contributed by atoms with Gasteiger partial charge in [0.05, 0.1) is 0 Å². The lowest BCUT2D eigenvalue weighted by atomic mass is 9.92. The molecule has 3 nitrogen and oxygen atoms in total. The molecule has 3 N–H and O–H groups in total. The molecule has 0 aliphatic carbocycles. The zero-order valence-corrected chi connectivity index (χ0v) is 10.2. The molecule has 0 spiro atoms. The van der Waals surface area contributed by atoms with E-state index in [0.29, 0.717) is 11.5 Å². The number of hydrogen-bond acceptors (Lipinski definition) is 3. The maximum Gasteiger partial charge on any atom is 0.0483 e. The van der Waals surface area contributed by atoms with Crippen molar-refractivity contribution in [3.8, 4) is 0 Å². The predicted octanol–water partition coefficient (Wildman–Crippen LogP) is 1.52. The van der Waals surface area contributed by atoms with Gasteiger partial charge < -0.3 is 15.8 Å². The van der Waals surface area contributed by atoms with Crippen molar-refractivity contribution in [3.05, 3.63) is 0 Å². The Morgan fingerprint density at radius 3 is 2.60 bits per heavy atom. The first kappa shape index (κ1) is 12.9. The largest absolute Gasteiger partial charge is 0.381 e. The number of nitrogens with one attached hydrogen (secondary N) is 1. The summed E-state index contributed by atoms with van der Waals surface area (Å²) in [5, 5.41) is 3.66. The van der Waals surface area contributed by atoms with E-state index in [2.05, 4.69) is 19.2 Å². The number of rotatable bonds is 6. The van der Waals surface area contributed by atoms with E-state index < -0.39 is 0 Å². The van der Waals surface area contributed by atoms with Crippen LogP contribution in [-0.4, -0.2) is 31.8 Å². The molecule has 1 atom stereocenters. The fourth-order valence-electron chi connectivity index (χ4n) is 2.07. The molecule has 1 fully saturated rings. The van der Waals surface area contributed by atoms with E-state index in [4.69, 9.17) is 10.5 Å². The van der Waals surface area contributed by atoms with E-state index in [1.807, 2.05) is 0 Å². The highest BCUT2D eigenvalue weighted by molar-refractivity contribution is 4.85. The van der Waals surface area contributed by atoms with Gasteiger partial charge in [0.1, 0.15) is 0 Å². The van der Waals surface area contributed by atoms with Gasteiger partial charge in [0.15, 0.2) is 0 Å². The second kappa shape index (κ2) is 6.46. The van der Waals surface area contributed by atoms with Crippen LogP contribution in [0.5, 0.6) is 0 Å². The zero-order chi connectivity index (χ0) is 11.1. The van der Waals surface area contributed by atoms with Crippen LogP contribution in [0.4, 0.5) is 0 Å². The molecule has 0 aromatic rings. The van der Waals surface area contributed by atoms with Gasteiger partial charge in [0.2, 0.25) is 0 Å². The first-order valence-electron chi connectivity index (χ1n) is 6.23. The molecular formula is C12H26N2O. The first-order chi connectivity index (χ1) is 7.20. The Balaban J connectivity index is 2.17. The first-order valence-corrected chi connectivity index (χ1v) is 6.23. The van der Waals surface area contributed by atoms with Crippen LogP contribution in [0.25, 0.3) is 0 Å². The molecule has 0 aromatic carbocycles. The molecule has 1 saturated heterocycles. The van der Waals surface area contributed by atoms with Crippen LogP contribution in [0.1, 0.15) is 39.5 Å². The summed E-state index contributed by atoms with van der Waals surface area (Å²) in [7, 11) is 0. The average Bonchev–Trinajstić information content (AvgIpc) is 2.25. The third-order valence-electron chi connectivity index (χ3n) is 3.61. The maximum absolute atomic E-state index is 5.69. The molecule has 1 aliphatic rings. The normalized spacial score (nSPS) is 22.6.